The van der Waals surface area contributed by atoms with E-state index in [1.165, 1.54) is 55.5 Å². The van der Waals surface area contributed by atoms with Crippen molar-refractivity contribution in [1.82, 2.24) is 35.0 Å². The Labute approximate surface area is 235 Å². The Morgan fingerprint density at radius 2 is 1.57 bits per heavy atom. The molecule has 1 saturated heterocycles. The third kappa shape index (κ3) is 4.48. The van der Waals surface area contributed by atoms with Gasteiger partial charge < -0.3 is 0 Å². The van der Waals surface area contributed by atoms with Crippen molar-refractivity contribution < 1.29 is 0 Å². The minimum Gasteiger partial charge on any atom is -0.298 e. The van der Waals surface area contributed by atoms with Gasteiger partial charge in [-0.25, -0.2) is 9.97 Å². The number of rotatable bonds is 4. The second kappa shape index (κ2) is 9.89. The average molecular weight is 530 g/mol. The molecule has 0 spiro atoms. The number of aryl methyl sites for hydroxylation is 4. The van der Waals surface area contributed by atoms with E-state index in [9.17, 15) is 0 Å². The number of benzene rings is 1. The van der Waals surface area contributed by atoms with Crippen LogP contribution in [0, 0.1) is 13.8 Å². The van der Waals surface area contributed by atoms with E-state index in [-0.39, 0.29) is 0 Å². The summed E-state index contributed by atoms with van der Waals surface area (Å²) >= 11 is 0. The third-order valence-corrected chi connectivity index (χ3v) is 9.05. The maximum absolute atomic E-state index is 4.76. The zero-order valence-electron chi connectivity index (χ0n) is 23.5. The Morgan fingerprint density at radius 1 is 0.800 bits per heavy atom. The Hall–Kier alpha value is -3.97. The van der Waals surface area contributed by atoms with E-state index in [0.717, 1.165) is 57.8 Å². The number of pyridine rings is 2. The van der Waals surface area contributed by atoms with Crippen LogP contribution in [0.1, 0.15) is 55.1 Å². The highest BCUT2D eigenvalue weighted by atomic mass is 15.2. The summed E-state index contributed by atoms with van der Waals surface area (Å²) < 4.78 is 0. The van der Waals surface area contributed by atoms with Crippen LogP contribution in [0.4, 0.5) is 0 Å². The van der Waals surface area contributed by atoms with E-state index in [0.29, 0.717) is 11.2 Å². The molecular formula is C33H35N7. The summed E-state index contributed by atoms with van der Waals surface area (Å²) in [6.45, 7) is 8.93. The second-order valence-electron chi connectivity index (χ2n) is 11.7. The van der Waals surface area contributed by atoms with Crippen LogP contribution < -0.4 is 0 Å². The molecule has 202 valence electrons. The highest BCUT2D eigenvalue weighted by Crippen LogP contribution is 2.36. The number of aromatic amines is 1. The van der Waals surface area contributed by atoms with Crippen LogP contribution in [0.3, 0.4) is 0 Å². The lowest BCUT2D eigenvalue weighted by Gasteiger charge is -2.38. The predicted octanol–water partition coefficient (Wildman–Crippen LogP) is 6.49. The summed E-state index contributed by atoms with van der Waals surface area (Å²) in [7, 11) is 0. The van der Waals surface area contributed by atoms with E-state index >= 15 is 0 Å². The quantitative estimate of drug-likeness (QED) is 0.268. The van der Waals surface area contributed by atoms with Gasteiger partial charge >= 0.3 is 0 Å². The molecule has 1 aliphatic carbocycles. The molecule has 7 nitrogen and oxygen atoms in total. The molecule has 2 aliphatic rings. The maximum atomic E-state index is 4.76. The van der Waals surface area contributed by atoms with E-state index in [1.807, 2.05) is 38.4 Å². The maximum Gasteiger partial charge on any atom is 0.181 e. The molecule has 0 radical (unpaired) electrons. The van der Waals surface area contributed by atoms with Gasteiger partial charge in [0.2, 0.25) is 0 Å². The first-order valence-corrected chi connectivity index (χ1v) is 14.5. The lowest BCUT2D eigenvalue weighted by atomic mass is 9.90. The van der Waals surface area contributed by atoms with Gasteiger partial charge in [0.05, 0.1) is 28.5 Å². The molecule has 5 aromatic rings. The van der Waals surface area contributed by atoms with Crippen LogP contribution in [0.15, 0.2) is 55.0 Å². The summed E-state index contributed by atoms with van der Waals surface area (Å²) in [6.07, 6.45) is 13.0. The summed E-state index contributed by atoms with van der Waals surface area (Å²) in [5.74, 6) is 0. The fraction of sp³-hybridized carbons (Fsp3) is 0.364. The van der Waals surface area contributed by atoms with E-state index in [1.54, 1.807) is 6.20 Å². The smallest absolute Gasteiger partial charge is 0.181 e. The molecule has 7 rings (SSSR count). The number of hydrogen-bond acceptors (Lipinski definition) is 6. The van der Waals surface area contributed by atoms with Gasteiger partial charge in [-0.3, -0.25) is 20.0 Å². The molecule has 1 N–H and O–H groups in total. The molecule has 40 heavy (non-hydrogen) atoms. The molecule has 0 amide bonds. The van der Waals surface area contributed by atoms with Crippen molar-refractivity contribution in [2.45, 2.75) is 64.8 Å². The zero-order valence-corrected chi connectivity index (χ0v) is 23.5. The van der Waals surface area contributed by atoms with Gasteiger partial charge in [-0.05, 0) is 107 Å². The number of nitrogens with one attached hydrogen (secondary N) is 1. The van der Waals surface area contributed by atoms with Crippen molar-refractivity contribution in [3.8, 4) is 33.8 Å². The average Bonchev–Trinajstić information content (AvgIpc) is 3.64. The van der Waals surface area contributed by atoms with E-state index < -0.39 is 0 Å². The summed E-state index contributed by atoms with van der Waals surface area (Å²) in [5, 5.41) is 8.62. The number of nitrogens with zero attached hydrogens (tertiary/aromatic N) is 6. The first-order valence-electron chi connectivity index (χ1n) is 14.5. The minimum absolute atomic E-state index is 0.314. The SMILES string of the molecule is Cc1cnc(C)c(-c2ccc(-c3[nH]nc4ncc(-c5ccc6c(c5)CC[C@@](C)(N5CCCC5)CC6)cc34)nc2)n1. The Balaban J connectivity index is 1.18. The highest BCUT2D eigenvalue weighted by molar-refractivity contribution is 5.92. The van der Waals surface area contributed by atoms with Gasteiger partial charge in [0.15, 0.2) is 5.65 Å². The fourth-order valence-corrected chi connectivity index (χ4v) is 6.53. The van der Waals surface area contributed by atoms with Crippen LogP contribution in [-0.4, -0.2) is 53.7 Å². The van der Waals surface area contributed by atoms with Crippen LogP contribution in [0.5, 0.6) is 0 Å². The summed E-state index contributed by atoms with van der Waals surface area (Å²) in [4.78, 5) is 21.3. The summed E-state index contributed by atoms with van der Waals surface area (Å²) in [6, 6.07) is 13.3. The van der Waals surface area contributed by atoms with Crippen molar-refractivity contribution in [3.05, 3.63) is 77.5 Å². The molecule has 1 aromatic carbocycles. The Kier molecular flexibility index (Phi) is 6.19. The van der Waals surface area contributed by atoms with Crippen LogP contribution in [-0.2, 0) is 12.8 Å². The van der Waals surface area contributed by atoms with Crippen LogP contribution in [0.25, 0.3) is 44.8 Å². The molecule has 0 bridgehead atoms. The van der Waals surface area contributed by atoms with Crippen molar-refractivity contribution in [2.75, 3.05) is 13.1 Å². The van der Waals surface area contributed by atoms with Crippen LogP contribution in [0.2, 0.25) is 0 Å². The monoisotopic (exact) mass is 529 g/mol. The van der Waals surface area contributed by atoms with Gasteiger partial charge in [-0.2, -0.15) is 5.10 Å². The standard InChI is InChI=1S/C33H35N7/c1-21-18-34-22(2)30(37-21)26-8-9-29(35-19-26)31-28-17-27(20-36-32(28)39-38-31)24-7-6-23-10-12-33(3,13-11-25(23)16-24)40-14-4-5-15-40/h6-9,16-20H,4-5,10-15H2,1-3H3,(H,36,38,39)/t33-/m0/s1. The lowest BCUT2D eigenvalue weighted by Crippen LogP contribution is -2.44. The molecule has 4 aromatic heterocycles. The third-order valence-electron chi connectivity index (χ3n) is 9.05. The van der Waals surface area contributed by atoms with Gasteiger partial charge in [0.25, 0.3) is 0 Å². The van der Waals surface area contributed by atoms with E-state index in [4.69, 9.17) is 9.97 Å². The largest absolute Gasteiger partial charge is 0.298 e. The summed E-state index contributed by atoms with van der Waals surface area (Å²) in [5.41, 5.74) is 11.6. The molecular weight excluding hydrogens is 494 g/mol. The van der Waals surface area contributed by atoms with Crippen molar-refractivity contribution in [1.29, 1.82) is 0 Å². The molecule has 5 heterocycles. The van der Waals surface area contributed by atoms with Gasteiger partial charge in [0.1, 0.15) is 0 Å². The molecule has 0 saturated carbocycles. The highest BCUT2D eigenvalue weighted by Gasteiger charge is 2.34. The number of aromatic nitrogens is 6. The number of likely N-dealkylation sites (tertiary alicyclic amines) is 1. The topological polar surface area (TPSA) is 83.5 Å². The molecule has 0 unspecified atom stereocenters. The normalized spacial score (nSPS) is 19.6. The Bertz CT molecular complexity index is 1700. The van der Waals surface area contributed by atoms with Crippen molar-refractivity contribution in [2.24, 2.45) is 0 Å². The van der Waals surface area contributed by atoms with Gasteiger partial charge in [-0.15, -0.1) is 0 Å². The zero-order chi connectivity index (χ0) is 27.3. The number of hydrogen-bond donors (Lipinski definition) is 1. The number of H-pyrrole nitrogens is 1. The van der Waals surface area contributed by atoms with Gasteiger partial charge in [-0.1, -0.05) is 18.2 Å². The first-order chi connectivity index (χ1) is 19.5. The van der Waals surface area contributed by atoms with E-state index in [2.05, 4.69) is 56.3 Å². The van der Waals surface area contributed by atoms with Crippen molar-refractivity contribution in [3.63, 3.8) is 0 Å². The van der Waals surface area contributed by atoms with Crippen LogP contribution >= 0.6 is 0 Å². The van der Waals surface area contributed by atoms with Crippen molar-refractivity contribution >= 4 is 11.0 Å². The molecule has 1 fully saturated rings. The first kappa shape index (κ1) is 25.0. The molecule has 1 aliphatic heterocycles. The minimum atomic E-state index is 0.314. The Morgan fingerprint density at radius 3 is 2.38 bits per heavy atom. The fourth-order valence-electron chi connectivity index (χ4n) is 6.53. The van der Waals surface area contributed by atoms with Gasteiger partial charge in [0, 0.05) is 40.6 Å². The predicted molar refractivity (Wildman–Crippen MR) is 159 cm³/mol. The molecule has 7 heteroatoms. The number of fused-ring (bicyclic) bond motifs is 2. The lowest BCUT2D eigenvalue weighted by molar-refractivity contribution is 0.118. The molecule has 1 atom stereocenters. The second-order valence-corrected chi connectivity index (χ2v) is 11.7.